The molecule has 0 atom stereocenters. The predicted octanol–water partition coefficient (Wildman–Crippen LogP) is 5.54. The number of hydrogen-bond acceptors (Lipinski definition) is 3. The van der Waals surface area contributed by atoms with Gasteiger partial charge >= 0.3 is 6.18 Å². The van der Waals surface area contributed by atoms with Crippen molar-refractivity contribution in [1.29, 1.82) is 0 Å². The Morgan fingerprint density at radius 3 is 2.00 bits per heavy atom. The molecule has 0 saturated carbocycles. The van der Waals surface area contributed by atoms with Crippen molar-refractivity contribution in [1.82, 2.24) is 0 Å². The van der Waals surface area contributed by atoms with E-state index in [0.29, 0.717) is 5.56 Å². The van der Waals surface area contributed by atoms with Crippen molar-refractivity contribution in [3.8, 4) is 11.1 Å². The van der Waals surface area contributed by atoms with Crippen LogP contribution in [0.25, 0.3) is 11.1 Å². The van der Waals surface area contributed by atoms with Crippen LogP contribution in [-0.2, 0) is 16.0 Å². The Morgan fingerprint density at radius 2 is 1.38 bits per heavy atom. The van der Waals surface area contributed by atoms with Gasteiger partial charge in [0, 0.05) is 11.0 Å². The zero-order chi connectivity index (χ0) is 21.1. The minimum absolute atomic E-state index is 0.0428. The Labute approximate surface area is 166 Å². The smallest absolute Gasteiger partial charge is 0.289 e. The van der Waals surface area contributed by atoms with Gasteiger partial charge in [-0.2, -0.15) is 13.2 Å². The van der Waals surface area contributed by atoms with Crippen LogP contribution in [0, 0.1) is 0 Å². The normalized spacial score (nSPS) is 12.2. The summed E-state index contributed by atoms with van der Waals surface area (Å²) in [4.78, 5) is 11.9. The van der Waals surface area contributed by atoms with E-state index in [1.54, 1.807) is 30.3 Å². The molecule has 0 aromatic heterocycles. The van der Waals surface area contributed by atoms with Crippen molar-refractivity contribution in [2.45, 2.75) is 11.1 Å². The van der Waals surface area contributed by atoms with Crippen LogP contribution in [0.3, 0.4) is 0 Å². The van der Waals surface area contributed by atoms with Gasteiger partial charge in [0.25, 0.3) is 0 Å². The lowest BCUT2D eigenvalue weighted by atomic mass is 9.99. The van der Waals surface area contributed by atoms with E-state index in [9.17, 15) is 26.4 Å². The van der Waals surface area contributed by atoms with Crippen LogP contribution in [-0.4, -0.2) is 14.2 Å². The molecule has 148 valence electrons. The van der Waals surface area contributed by atoms with Crippen LogP contribution in [0.4, 0.5) is 13.2 Å². The van der Waals surface area contributed by atoms with Crippen LogP contribution >= 0.6 is 0 Å². The largest absolute Gasteiger partial charge is 0.417 e. The van der Waals surface area contributed by atoms with Crippen molar-refractivity contribution < 1.29 is 26.4 Å². The summed E-state index contributed by atoms with van der Waals surface area (Å²) in [6.07, 6.45) is -3.57. The van der Waals surface area contributed by atoms with Crippen molar-refractivity contribution in [3.63, 3.8) is 0 Å². The van der Waals surface area contributed by atoms with Gasteiger partial charge in [0.05, 0.1) is 10.5 Å². The molecule has 0 N–H and O–H groups in total. The number of alkyl halides is 3. The maximum Gasteiger partial charge on any atom is 0.417 e. The van der Waals surface area contributed by atoms with Crippen molar-refractivity contribution >= 4 is 15.6 Å². The molecule has 0 spiro atoms. The highest BCUT2D eigenvalue weighted by molar-refractivity contribution is 7.94. The Kier molecular flexibility index (Phi) is 5.70. The minimum Gasteiger partial charge on any atom is -0.289 e. The van der Waals surface area contributed by atoms with E-state index in [1.165, 1.54) is 42.5 Å². The number of allylic oxidation sites excluding steroid dienone is 1. The molecule has 0 radical (unpaired) electrons. The number of carbonyl (C=O) groups is 1. The number of carbonyl (C=O) groups excluding carboxylic acids is 1. The lowest BCUT2D eigenvalue weighted by molar-refractivity contribution is -0.137. The van der Waals surface area contributed by atoms with E-state index in [0.717, 1.165) is 17.6 Å². The van der Waals surface area contributed by atoms with Gasteiger partial charge in [0.2, 0.25) is 0 Å². The summed E-state index contributed by atoms with van der Waals surface area (Å²) in [6.45, 7) is 0. The fourth-order valence-corrected chi connectivity index (χ4v) is 3.71. The van der Waals surface area contributed by atoms with Crippen molar-refractivity contribution in [3.05, 3.63) is 101 Å². The predicted molar refractivity (Wildman–Crippen MR) is 104 cm³/mol. The van der Waals surface area contributed by atoms with E-state index in [1.807, 2.05) is 0 Å². The van der Waals surface area contributed by atoms with E-state index < -0.39 is 27.4 Å². The average molecular weight is 416 g/mol. The molecule has 3 nitrogen and oxygen atoms in total. The summed E-state index contributed by atoms with van der Waals surface area (Å²) in [5.74, 6) is -0.468. The third-order valence-corrected chi connectivity index (χ3v) is 5.61. The number of halogens is 3. The molecule has 3 rings (SSSR count). The Hall–Kier alpha value is -3.19. The molecule has 0 fully saturated rings. The number of benzene rings is 3. The summed E-state index contributed by atoms with van der Waals surface area (Å²) in [7, 11) is -3.92. The lowest BCUT2D eigenvalue weighted by Gasteiger charge is -2.13. The SMILES string of the molecule is O=C(/C=C/S(=O)(=O)c1ccc(-c2ccccc2C(F)(F)F)cc1)c1ccccc1. The highest BCUT2D eigenvalue weighted by atomic mass is 32.2. The second-order valence-corrected chi connectivity index (χ2v) is 7.98. The molecular weight excluding hydrogens is 401 g/mol. The fraction of sp³-hybridized carbons (Fsp3) is 0.0455. The Balaban J connectivity index is 1.87. The summed E-state index contributed by atoms with van der Waals surface area (Å²) < 4.78 is 64.4. The summed E-state index contributed by atoms with van der Waals surface area (Å²) in [5, 5.41) is 0.793. The molecule has 0 unspecified atom stereocenters. The Bertz CT molecular complexity index is 1150. The second kappa shape index (κ2) is 8.05. The van der Waals surface area contributed by atoms with E-state index in [2.05, 4.69) is 0 Å². The van der Waals surface area contributed by atoms with Gasteiger partial charge in [0.1, 0.15) is 0 Å². The summed E-state index contributed by atoms with van der Waals surface area (Å²) >= 11 is 0. The van der Waals surface area contributed by atoms with Gasteiger partial charge in [-0.25, -0.2) is 8.42 Å². The molecule has 0 aliphatic rings. The molecular formula is C22H15F3O3S. The van der Waals surface area contributed by atoms with Gasteiger partial charge in [0.15, 0.2) is 15.6 Å². The van der Waals surface area contributed by atoms with Gasteiger partial charge in [-0.1, -0.05) is 60.7 Å². The van der Waals surface area contributed by atoms with Crippen molar-refractivity contribution in [2.24, 2.45) is 0 Å². The zero-order valence-corrected chi connectivity index (χ0v) is 15.7. The van der Waals surface area contributed by atoms with Gasteiger partial charge < -0.3 is 0 Å². The second-order valence-electron chi connectivity index (χ2n) is 6.15. The monoisotopic (exact) mass is 416 g/mol. The molecule has 0 aliphatic heterocycles. The first kappa shape index (κ1) is 20.5. The van der Waals surface area contributed by atoms with E-state index in [4.69, 9.17) is 0 Å². The van der Waals surface area contributed by atoms with Gasteiger partial charge in [-0.15, -0.1) is 0 Å². The molecule has 3 aromatic rings. The van der Waals surface area contributed by atoms with Gasteiger partial charge in [-0.05, 0) is 35.4 Å². The molecule has 0 bridgehead atoms. The van der Waals surface area contributed by atoms with Crippen LogP contribution in [0.2, 0.25) is 0 Å². The minimum atomic E-state index is -4.53. The standard InChI is InChI=1S/C22H15F3O3S/c23-22(24,25)20-9-5-4-8-19(20)16-10-12-18(13-11-16)29(27,28)15-14-21(26)17-6-2-1-3-7-17/h1-15H/b15-14+. The number of rotatable bonds is 5. The molecule has 0 aliphatic carbocycles. The summed E-state index contributed by atoms with van der Waals surface area (Å²) in [6, 6.07) is 18.3. The van der Waals surface area contributed by atoms with Crippen molar-refractivity contribution in [2.75, 3.05) is 0 Å². The third kappa shape index (κ3) is 4.81. The van der Waals surface area contributed by atoms with E-state index >= 15 is 0 Å². The maximum absolute atomic E-state index is 13.2. The number of hydrogen-bond donors (Lipinski definition) is 0. The highest BCUT2D eigenvalue weighted by Crippen LogP contribution is 2.37. The first-order valence-electron chi connectivity index (χ1n) is 8.48. The third-order valence-electron chi connectivity index (χ3n) is 4.18. The molecule has 0 heterocycles. The molecule has 29 heavy (non-hydrogen) atoms. The highest BCUT2D eigenvalue weighted by Gasteiger charge is 2.33. The lowest BCUT2D eigenvalue weighted by Crippen LogP contribution is -2.07. The van der Waals surface area contributed by atoms with Crippen LogP contribution in [0.1, 0.15) is 15.9 Å². The maximum atomic E-state index is 13.2. The number of ketones is 1. The van der Waals surface area contributed by atoms with E-state index in [-0.39, 0.29) is 16.0 Å². The molecule has 0 amide bonds. The van der Waals surface area contributed by atoms with Crippen LogP contribution in [0.15, 0.2) is 95.2 Å². The average Bonchev–Trinajstić information content (AvgIpc) is 2.72. The fourth-order valence-electron chi connectivity index (χ4n) is 2.73. The molecule has 0 saturated heterocycles. The first-order valence-corrected chi connectivity index (χ1v) is 10.0. The van der Waals surface area contributed by atoms with Crippen LogP contribution < -0.4 is 0 Å². The zero-order valence-electron chi connectivity index (χ0n) is 14.9. The summed E-state index contributed by atoms with van der Waals surface area (Å²) in [5.41, 5.74) is -0.262. The molecule has 7 heteroatoms. The first-order chi connectivity index (χ1) is 13.7. The molecule has 3 aromatic carbocycles. The van der Waals surface area contributed by atoms with Gasteiger partial charge in [-0.3, -0.25) is 4.79 Å². The number of sulfone groups is 1. The van der Waals surface area contributed by atoms with Crippen LogP contribution in [0.5, 0.6) is 0 Å². The Morgan fingerprint density at radius 1 is 0.793 bits per heavy atom. The quantitative estimate of drug-likeness (QED) is 0.405. The topological polar surface area (TPSA) is 51.2 Å².